The maximum Gasteiger partial charge on any atom is 0.224 e. The van der Waals surface area contributed by atoms with Crippen molar-refractivity contribution in [3.05, 3.63) is 48.5 Å². The number of hydrogen-bond donors (Lipinski definition) is 1. The number of nitrogens with zero attached hydrogens (tertiary/aromatic N) is 4. The summed E-state index contributed by atoms with van der Waals surface area (Å²) in [7, 11) is 0. The van der Waals surface area contributed by atoms with Crippen molar-refractivity contribution in [3.63, 3.8) is 0 Å². The van der Waals surface area contributed by atoms with Crippen molar-refractivity contribution in [2.24, 2.45) is 0 Å². The van der Waals surface area contributed by atoms with E-state index in [-0.39, 0.29) is 11.9 Å². The van der Waals surface area contributed by atoms with Gasteiger partial charge >= 0.3 is 0 Å². The molecule has 1 aliphatic heterocycles. The molecule has 1 fully saturated rings. The van der Waals surface area contributed by atoms with Crippen LogP contribution in [0.15, 0.2) is 42.9 Å². The van der Waals surface area contributed by atoms with Crippen LogP contribution in [-0.4, -0.2) is 43.6 Å². The number of fused-ring (bicyclic) bond motifs is 1. The molecular weight excluding hydrogens is 314 g/mol. The first-order valence-electron chi connectivity index (χ1n) is 8.91. The number of rotatable bonds is 4. The highest BCUT2D eigenvalue weighted by molar-refractivity contribution is 5.78. The van der Waals surface area contributed by atoms with Crippen LogP contribution in [0.4, 0.5) is 0 Å². The van der Waals surface area contributed by atoms with Gasteiger partial charge in [0, 0.05) is 55.1 Å². The van der Waals surface area contributed by atoms with E-state index < -0.39 is 0 Å². The average Bonchev–Trinajstić information content (AvgIpc) is 3.31. The third-order valence-corrected chi connectivity index (χ3v) is 5.07. The van der Waals surface area contributed by atoms with Crippen LogP contribution in [0.5, 0.6) is 0 Å². The fourth-order valence-electron chi connectivity index (χ4n) is 3.67. The molecule has 0 bridgehead atoms. The minimum atomic E-state index is 0.0835. The van der Waals surface area contributed by atoms with Gasteiger partial charge < -0.3 is 9.88 Å². The summed E-state index contributed by atoms with van der Waals surface area (Å²) in [5.41, 5.74) is 2.11. The zero-order chi connectivity index (χ0) is 17.2. The van der Waals surface area contributed by atoms with Gasteiger partial charge in [0.25, 0.3) is 0 Å². The first kappa shape index (κ1) is 15.9. The Kier molecular flexibility index (Phi) is 4.26. The van der Waals surface area contributed by atoms with E-state index in [1.54, 1.807) is 12.4 Å². The van der Waals surface area contributed by atoms with Crippen LogP contribution in [0, 0.1) is 0 Å². The second kappa shape index (κ2) is 6.70. The number of hydrogen-bond acceptors (Lipinski definition) is 3. The zero-order valence-electron chi connectivity index (χ0n) is 14.4. The van der Waals surface area contributed by atoms with Crippen LogP contribution in [0.25, 0.3) is 11.0 Å². The predicted octanol–water partition coefficient (Wildman–Crippen LogP) is 3.12. The van der Waals surface area contributed by atoms with Crippen LogP contribution in [-0.2, 0) is 4.79 Å². The third kappa shape index (κ3) is 3.29. The Labute approximate surface area is 146 Å². The predicted molar refractivity (Wildman–Crippen MR) is 96.2 cm³/mol. The average molecular weight is 337 g/mol. The van der Waals surface area contributed by atoms with Gasteiger partial charge in [0.2, 0.25) is 5.91 Å². The Morgan fingerprint density at radius 3 is 3.12 bits per heavy atom. The lowest BCUT2D eigenvalue weighted by Crippen LogP contribution is -2.40. The van der Waals surface area contributed by atoms with Crippen molar-refractivity contribution in [2.75, 3.05) is 13.1 Å². The highest BCUT2D eigenvalue weighted by atomic mass is 16.2. The second-order valence-corrected chi connectivity index (χ2v) is 6.88. The molecule has 3 aromatic rings. The van der Waals surface area contributed by atoms with Crippen molar-refractivity contribution in [3.8, 4) is 0 Å². The van der Waals surface area contributed by atoms with Crippen molar-refractivity contribution < 1.29 is 4.79 Å². The Bertz CT molecular complexity index is 821. The normalized spacial score (nSPS) is 19.2. The van der Waals surface area contributed by atoms with Gasteiger partial charge in [-0.05, 0) is 44.0 Å². The lowest BCUT2D eigenvalue weighted by Gasteiger charge is -2.33. The smallest absolute Gasteiger partial charge is 0.224 e. The van der Waals surface area contributed by atoms with E-state index >= 15 is 0 Å². The lowest BCUT2D eigenvalue weighted by atomic mass is 9.94. The third-order valence-electron chi connectivity index (χ3n) is 5.07. The molecule has 0 aliphatic carbocycles. The fourth-order valence-corrected chi connectivity index (χ4v) is 3.67. The van der Waals surface area contributed by atoms with Gasteiger partial charge in [-0.1, -0.05) is 0 Å². The molecule has 4 heterocycles. The molecule has 3 aromatic heterocycles. The summed E-state index contributed by atoms with van der Waals surface area (Å²) in [6.45, 7) is 3.66. The molecule has 0 spiro atoms. The van der Waals surface area contributed by atoms with Crippen molar-refractivity contribution in [1.82, 2.24) is 24.6 Å². The quantitative estimate of drug-likeness (QED) is 0.795. The first-order valence-corrected chi connectivity index (χ1v) is 8.91. The van der Waals surface area contributed by atoms with E-state index in [0.717, 1.165) is 37.0 Å². The highest BCUT2D eigenvalue weighted by Gasteiger charge is 2.27. The topological polar surface area (TPSA) is 66.8 Å². The molecule has 2 atom stereocenters. The summed E-state index contributed by atoms with van der Waals surface area (Å²) in [6, 6.07) is 8.17. The van der Waals surface area contributed by atoms with Gasteiger partial charge in [-0.15, -0.1) is 0 Å². The standard InChI is InChI=1S/C19H23N5O/c1-14(24-10-4-8-21-24)11-18(25)23-9-3-6-16(13-23)17-12-15-5-2-7-20-19(15)22-17/h2,4-5,7-8,10,12,14,16H,3,6,9,11,13H2,1H3,(H,20,22)/t14-,16+/m1/s1. The molecule has 1 aliphatic rings. The molecule has 0 aromatic carbocycles. The van der Waals surface area contributed by atoms with Gasteiger partial charge in [-0.2, -0.15) is 5.10 Å². The molecular formula is C19H23N5O. The van der Waals surface area contributed by atoms with Gasteiger partial charge in [0.15, 0.2) is 0 Å². The number of pyridine rings is 1. The largest absolute Gasteiger partial charge is 0.343 e. The summed E-state index contributed by atoms with van der Waals surface area (Å²) in [5.74, 6) is 0.564. The number of amides is 1. The van der Waals surface area contributed by atoms with Crippen LogP contribution in [0.2, 0.25) is 0 Å². The van der Waals surface area contributed by atoms with Crippen LogP contribution >= 0.6 is 0 Å². The Morgan fingerprint density at radius 2 is 2.32 bits per heavy atom. The maximum atomic E-state index is 12.7. The monoisotopic (exact) mass is 337 g/mol. The van der Waals surface area contributed by atoms with E-state index in [9.17, 15) is 4.79 Å². The minimum absolute atomic E-state index is 0.0835. The van der Waals surface area contributed by atoms with Gasteiger partial charge in [0.05, 0.1) is 6.04 Å². The van der Waals surface area contributed by atoms with Gasteiger partial charge in [-0.3, -0.25) is 9.48 Å². The van der Waals surface area contributed by atoms with E-state index in [0.29, 0.717) is 12.3 Å². The minimum Gasteiger partial charge on any atom is -0.343 e. The Hall–Kier alpha value is -2.63. The summed E-state index contributed by atoms with van der Waals surface area (Å²) in [5, 5.41) is 5.37. The summed E-state index contributed by atoms with van der Waals surface area (Å²) in [6.07, 6.45) is 8.09. The van der Waals surface area contributed by atoms with Crippen LogP contribution in [0.3, 0.4) is 0 Å². The number of carbonyl (C=O) groups is 1. The van der Waals surface area contributed by atoms with E-state index in [1.807, 2.05) is 34.8 Å². The number of piperidine rings is 1. The molecule has 0 radical (unpaired) electrons. The number of H-pyrrole nitrogens is 1. The second-order valence-electron chi connectivity index (χ2n) is 6.88. The number of aromatic nitrogens is 4. The molecule has 0 unspecified atom stereocenters. The SMILES string of the molecule is C[C@H](CC(=O)N1CCC[C@H](c2cc3cccnc3[nH]2)C1)n1cccn1. The van der Waals surface area contributed by atoms with Crippen LogP contribution < -0.4 is 0 Å². The zero-order valence-corrected chi connectivity index (χ0v) is 14.4. The van der Waals surface area contributed by atoms with Crippen LogP contribution in [0.1, 0.15) is 43.8 Å². The van der Waals surface area contributed by atoms with Crippen molar-refractivity contribution in [2.45, 2.75) is 38.1 Å². The van der Waals surface area contributed by atoms with Gasteiger partial charge in [0.1, 0.15) is 5.65 Å². The molecule has 4 rings (SSSR count). The highest BCUT2D eigenvalue weighted by Crippen LogP contribution is 2.29. The molecule has 130 valence electrons. The van der Waals surface area contributed by atoms with E-state index in [1.165, 1.54) is 5.69 Å². The number of likely N-dealkylation sites (tertiary alicyclic amines) is 1. The Balaban J connectivity index is 1.44. The van der Waals surface area contributed by atoms with E-state index in [4.69, 9.17) is 0 Å². The van der Waals surface area contributed by atoms with Crippen molar-refractivity contribution in [1.29, 1.82) is 0 Å². The van der Waals surface area contributed by atoms with Gasteiger partial charge in [-0.25, -0.2) is 4.98 Å². The fraction of sp³-hybridized carbons (Fsp3) is 0.421. The number of nitrogens with one attached hydrogen (secondary N) is 1. The molecule has 6 heteroatoms. The van der Waals surface area contributed by atoms with Crippen molar-refractivity contribution >= 4 is 16.9 Å². The number of carbonyl (C=O) groups excluding carboxylic acids is 1. The summed E-state index contributed by atoms with van der Waals surface area (Å²) < 4.78 is 1.85. The Morgan fingerprint density at radius 1 is 1.40 bits per heavy atom. The molecule has 0 saturated carbocycles. The van der Waals surface area contributed by atoms with E-state index in [2.05, 4.69) is 27.2 Å². The lowest BCUT2D eigenvalue weighted by molar-refractivity contribution is -0.133. The molecule has 25 heavy (non-hydrogen) atoms. The maximum absolute atomic E-state index is 12.7. The number of aromatic amines is 1. The first-order chi connectivity index (χ1) is 12.2. The molecule has 6 nitrogen and oxygen atoms in total. The summed E-state index contributed by atoms with van der Waals surface area (Å²) in [4.78, 5) is 22.5. The summed E-state index contributed by atoms with van der Waals surface area (Å²) >= 11 is 0. The molecule has 1 amide bonds. The molecule has 1 saturated heterocycles. The molecule has 1 N–H and O–H groups in total.